The summed E-state index contributed by atoms with van der Waals surface area (Å²) in [5.41, 5.74) is 2.26. The summed E-state index contributed by atoms with van der Waals surface area (Å²) < 4.78 is 0. The fourth-order valence-corrected chi connectivity index (χ4v) is 3.55. The van der Waals surface area contributed by atoms with Crippen LogP contribution in [0.4, 0.5) is 10.5 Å². The van der Waals surface area contributed by atoms with Gasteiger partial charge in [-0.1, -0.05) is 17.7 Å². The summed E-state index contributed by atoms with van der Waals surface area (Å²) in [6, 6.07) is 5.63. The van der Waals surface area contributed by atoms with Crippen molar-refractivity contribution in [1.82, 2.24) is 5.32 Å². The van der Waals surface area contributed by atoms with Crippen molar-refractivity contribution in [2.24, 2.45) is 0 Å². The van der Waals surface area contributed by atoms with E-state index in [9.17, 15) is 9.90 Å². The zero-order valence-corrected chi connectivity index (χ0v) is 12.8. The van der Waals surface area contributed by atoms with Crippen LogP contribution in [0.15, 0.2) is 18.2 Å². The first kappa shape index (κ1) is 15.2. The molecule has 1 heterocycles. The molecule has 0 aliphatic carbocycles. The molecule has 5 heteroatoms. The quantitative estimate of drug-likeness (QED) is 0.803. The highest BCUT2D eigenvalue weighted by Crippen LogP contribution is 2.26. The Morgan fingerprint density at radius 2 is 2.05 bits per heavy atom. The number of urea groups is 1. The van der Waals surface area contributed by atoms with Crippen molar-refractivity contribution in [3.63, 3.8) is 0 Å². The van der Waals surface area contributed by atoms with Crippen LogP contribution in [0, 0.1) is 13.8 Å². The molecule has 0 bridgehead atoms. The number of anilines is 1. The van der Waals surface area contributed by atoms with Gasteiger partial charge in [0.05, 0.1) is 5.60 Å². The van der Waals surface area contributed by atoms with Gasteiger partial charge < -0.3 is 15.7 Å². The van der Waals surface area contributed by atoms with E-state index in [1.54, 1.807) is 0 Å². The number of rotatable bonds is 3. The Morgan fingerprint density at radius 3 is 2.70 bits per heavy atom. The Bertz CT molecular complexity index is 485. The maximum absolute atomic E-state index is 11.9. The number of amides is 2. The average molecular weight is 294 g/mol. The number of hydrogen-bond acceptors (Lipinski definition) is 3. The minimum Gasteiger partial charge on any atom is -0.388 e. The highest BCUT2D eigenvalue weighted by atomic mass is 32.2. The number of carbonyl (C=O) groups excluding carboxylic acids is 1. The highest BCUT2D eigenvalue weighted by molar-refractivity contribution is 7.99. The molecule has 2 amide bonds. The number of thioether (sulfide) groups is 1. The lowest BCUT2D eigenvalue weighted by atomic mass is 9.97. The highest BCUT2D eigenvalue weighted by Gasteiger charge is 2.29. The first-order valence-electron chi connectivity index (χ1n) is 6.91. The van der Waals surface area contributed by atoms with Gasteiger partial charge in [-0.05, 0) is 49.8 Å². The van der Waals surface area contributed by atoms with Crippen molar-refractivity contribution in [3.8, 4) is 0 Å². The molecule has 1 aromatic carbocycles. The van der Waals surface area contributed by atoms with Gasteiger partial charge in [-0.25, -0.2) is 4.79 Å². The van der Waals surface area contributed by atoms with E-state index >= 15 is 0 Å². The topological polar surface area (TPSA) is 61.4 Å². The van der Waals surface area contributed by atoms with Crippen molar-refractivity contribution in [2.75, 3.05) is 23.4 Å². The predicted molar refractivity (Wildman–Crippen MR) is 84.4 cm³/mol. The molecular formula is C15H22N2O2S. The maximum Gasteiger partial charge on any atom is 0.319 e. The Hall–Kier alpha value is -1.20. The number of aryl methyl sites for hydroxylation is 2. The third kappa shape index (κ3) is 4.15. The summed E-state index contributed by atoms with van der Waals surface area (Å²) in [6.45, 7) is 4.30. The smallest absolute Gasteiger partial charge is 0.319 e. The lowest BCUT2D eigenvalue weighted by Crippen LogP contribution is -2.46. The van der Waals surface area contributed by atoms with Crippen molar-refractivity contribution in [1.29, 1.82) is 0 Å². The summed E-state index contributed by atoms with van der Waals surface area (Å²) >= 11 is 1.85. The summed E-state index contributed by atoms with van der Waals surface area (Å²) in [7, 11) is 0. The molecule has 0 saturated carbocycles. The van der Waals surface area contributed by atoms with Crippen LogP contribution in [0.2, 0.25) is 0 Å². The summed E-state index contributed by atoms with van der Waals surface area (Å²) in [6.07, 6.45) is 1.48. The van der Waals surface area contributed by atoms with Gasteiger partial charge >= 0.3 is 6.03 Å². The lowest BCUT2D eigenvalue weighted by Gasteiger charge is -2.31. The van der Waals surface area contributed by atoms with Crippen LogP contribution in [0.3, 0.4) is 0 Å². The number of carbonyl (C=O) groups is 1. The SMILES string of the molecule is Cc1ccc(NC(=O)NCC2(O)CCSCC2)c(C)c1. The van der Waals surface area contributed by atoms with Crippen LogP contribution in [0.1, 0.15) is 24.0 Å². The summed E-state index contributed by atoms with van der Waals surface area (Å²) in [5.74, 6) is 1.91. The van der Waals surface area contributed by atoms with Crippen molar-refractivity contribution in [2.45, 2.75) is 32.3 Å². The number of hydrogen-bond donors (Lipinski definition) is 3. The Morgan fingerprint density at radius 1 is 1.35 bits per heavy atom. The average Bonchev–Trinajstić information content (AvgIpc) is 2.41. The Labute approximate surface area is 124 Å². The minimum atomic E-state index is -0.745. The van der Waals surface area contributed by atoms with E-state index in [-0.39, 0.29) is 6.03 Å². The fourth-order valence-electron chi connectivity index (χ4n) is 2.29. The Balaban J connectivity index is 1.86. The summed E-state index contributed by atoms with van der Waals surface area (Å²) in [5, 5.41) is 15.9. The molecule has 110 valence electrons. The minimum absolute atomic E-state index is 0.261. The molecule has 0 radical (unpaired) electrons. The largest absolute Gasteiger partial charge is 0.388 e. The van der Waals surface area contributed by atoms with E-state index < -0.39 is 5.60 Å². The van der Waals surface area contributed by atoms with E-state index in [2.05, 4.69) is 10.6 Å². The molecule has 2 rings (SSSR count). The third-order valence-electron chi connectivity index (χ3n) is 3.63. The third-order valence-corrected chi connectivity index (χ3v) is 4.62. The first-order chi connectivity index (χ1) is 9.48. The van der Waals surface area contributed by atoms with E-state index in [0.717, 1.165) is 35.6 Å². The number of aliphatic hydroxyl groups is 1. The zero-order valence-electron chi connectivity index (χ0n) is 12.0. The molecule has 1 aromatic rings. The van der Waals surface area contributed by atoms with Crippen LogP contribution in [0.25, 0.3) is 0 Å². The standard InChI is InChI=1S/C15H22N2O2S/c1-11-3-4-13(12(2)9-11)17-14(18)16-10-15(19)5-7-20-8-6-15/h3-4,9,19H,5-8,10H2,1-2H3,(H2,16,17,18). The zero-order chi connectivity index (χ0) is 14.6. The second-order valence-corrected chi connectivity index (χ2v) is 6.69. The van der Waals surface area contributed by atoms with Crippen molar-refractivity contribution in [3.05, 3.63) is 29.3 Å². The van der Waals surface area contributed by atoms with Crippen LogP contribution in [-0.2, 0) is 0 Å². The van der Waals surface area contributed by atoms with Gasteiger partial charge in [0.15, 0.2) is 0 Å². The molecule has 3 N–H and O–H groups in total. The van der Waals surface area contributed by atoms with E-state index in [1.165, 1.54) is 5.56 Å². The number of nitrogens with one attached hydrogen (secondary N) is 2. The van der Waals surface area contributed by atoms with E-state index in [4.69, 9.17) is 0 Å². The molecule has 0 atom stereocenters. The monoisotopic (exact) mass is 294 g/mol. The lowest BCUT2D eigenvalue weighted by molar-refractivity contribution is 0.0351. The van der Waals surface area contributed by atoms with Gasteiger partial charge in [-0.2, -0.15) is 11.8 Å². The van der Waals surface area contributed by atoms with E-state index in [0.29, 0.717) is 6.54 Å². The molecular weight excluding hydrogens is 272 g/mol. The van der Waals surface area contributed by atoms with Gasteiger partial charge in [0.1, 0.15) is 0 Å². The molecule has 1 saturated heterocycles. The fraction of sp³-hybridized carbons (Fsp3) is 0.533. The van der Waals surface area contributed by atoms with Gasteiger partial charge in [0, 0.05) is 12.2 Å². The molecule has 0 aromatic heterocycles. The number of benzene rings is 1. The van der Waals surface area contributed by atoms with Crippen molar-refractivity contribution < 1.29 is 9.90 Å². The van der Waals surface area contributed by atoms with Gasteiger partial charge in [-0.3, -0.25) is 0 Å². The van der Waals surface area contributed by atoms with Crippen LogP contribution in [0.5, 0.6) is 0 Å². The second kappa shape index (κ2) is 6.50. The first-order valence-corrected chi connectivity index (χ1v) is 8.06. The molecule has 1 aliphatic rings. The van der Waals surface area contributed by atoms with E-state index in [1.807, 2.05) is 43.8 Å². The van der Waals surface area contributed by atoms with Gasteiger partial charge in [-0.15, -0.1) is 0 Å². The normalized spacial score (nSPS) is 17.6. The van der Waals surface area contributed by atoms with Gasteiger partial charge in [0.2, 0.25) is 0 Å². The van der Waals surface area contributed by atoms with Crippen LogP contribution in [-0.4, -0.2) is 34.8 Å². The summed E-state index contributed by atoms with van der Waals surface area (Å²) in [4.78, 5) is 11.9. The molecule has 4 nitrogen and oxygen atoms in total. The second-order valence-electron chi connectivity index (χ2n) is 5.46. The van der Waals surface area contributed by atoms with Gasteiger partial charge in [0.25, 0.3) is 0 Å². The predicted octanol–water partition coefficient (Wildman–Crippen LogP) is 2.68. The molecule has 1 fully saturated rings. The molecule has 20 heavy (non-hydrogen) atoms. The molecule has 1 aliphatic heterocycles. The molecule has 0 unspecified atom stereocenters. The maximum atomic E-state index is 11.9. The van der Waals surface area contributed by atoms with Crippen LogP contribution >= 0.6 is 11.8 Å². The Kier molecular flexibility index (Phi) is 4.94. The molecule has 0 spiro atoms. The van der Waals surface area contributed by atoms with Crippen LogP contribution < -0.4 is 10.6 Å². The van der Waals surface area contributed by atoms with Crippen molar-refractivity contribution >= 4 is 23.5 Å².